The molecule has 2 rings (SSSR count). The van der Waals surface area contributed by atoms with Crippen LogP contribution in [0.3, 0.4) is 0 Å². The van der Waals surface area contributed by atoms with Crippen molar-refractivity contribution >= 4 is 0 Å². The Morgan fingerprint density at radius 1 is 1.12 bits per heavy atom. The highest BCUT2D eigenvalue weighted by Gasteiger charge is 2.06. The second kappa shape index (κ2) is 4.25. The molecule has 0 bridgehead atoms. The van der Waals surface area contributed by atoms with Crippen LogP contribution in [0.5, 0.6) is 0 Å². The summed E-state index contributed by atoms with van der Waals surface area (Å²) in [6.45, 7) is 0. The van der Waals surface area contributed by atoms with Crippen molar-refractivity contribution < 1.29 is 0 Å². The smallest absolute Gasteiger partial charge is 0.0999 e. The number of benzene rings is 1. The largest absolute Gasteiger partial charge is 0.246 e. The van der Waals surface area contributed by atoms with Crippen molar-refractivity contribution in [1.29, 1.82) is 10.5 Å². The summed E-state index contributed by atoms with van der Waals surface area (Å²) in [7, 11) is 0. The molecule has 0 saturated heterocycles. The predicted molar refractivity (Wildman–Crippen MR) is 57.9 cm³/mol. The maximum Gasteiger partial charge on any atom is 0.0999 e. The predicted octanol–water partition coefficient (Wildman–Crippen LogP) is 2.29. The fourth-order valence-electron chi connectivity index (χ4n) is 1.41. The molecule has 2 aromatic rings. The van der Waals surface area contributed by atoms with Gasteiger partial charge < -0.3 is 0 Å². The summed E-state index contributed by atoms with van der Waals surface area (Å²) < 4.78 is 0. The van der Waals surface area contributed by atoms with E-state index in [0.29, 0.717) is 16.8 Å². The standard InChI is InChI=1S/C13H6N3/c14-8-10-4-5-12(11(7-10)9-15)13-3-1-2-6-16-13/h1-5,7H. The minimum atomic E-state index is 0.450. The highest BCUT2D eigenvalue weighted by molar-refractivity contribution is 5.68. The maximum atomic E-state index is 9.00. The van der Waals surface area contributed by atoms with Crippen molar-refractivity contribution in [3.63, 3.8) is 0 Å². The van der Waals surface area contributed by atoms with Gasteiger partial charge in [0.05, 0.1) is 35.2 Å². The van der Waals surface area contributed by atoms with E-state index in [1.54, 1.807) is 30.3 Å². The van der Waals surface area contributed by atoms with Crippen molar-refractivity contribution in [2.75, 3.05) is 0 Å². The average Bonchev–Trinajstić information content (AvgIpc) is 2.39. The Balaban J connectivity index is 2.60. The molecule has 0 fully saturated rings. The third-order valence-corrected chi connectivity index (χ3v) is 2.15. The zero-order valence-electron chi connectivity index (χ0n) is 8.31. The molecule has 3 nitrogen and oxygen atoms in total. The SMILES string of the molecule is N#Cc1ccc(-c2ccc[c]n2)c(C#N)c1. The fraction of sp³-hybridized carbons (Fsp3) is 0. The lowest BCUT2D eigenvalue weighted by Gasteiger charge is -2.02. The summed E-state index contributed by atoms with van der Waals surface area (Å²) in [6.07, 6.45) is 2.71. The molecule has 0 amide bonds. The van der Waals surface area contributed by atoms with E-state index < -0.39 is 0 Å². The van der Waals surface area contributed by atoms with E-state index in [1.807, 2.05) is 12.1 Å². The van der Waals surface area contributed by atoms with Crippen molar-refractivity contribution in [2.24, 2.45) is 0 Å². The van der Waals surface area contributed by atoms with Crippen LogP contribution in [0.1, 0.15) is 11.1 Å². The van der Waals surface area contributed by atoms with Gasteiger partial charge in [0, 0.05) is 5.56 Å². The monoisotopic (exact) mass is 204 g/mol. The highest BCUT2D eigenvalue weighted by atomic mass is 14.7. The van der Waals surface area contributed by atoms with Gasteiger partial charge in [-0.1, -0.05) is 12.1 Å². The van der Waals surface area contributed by atoms with Gasteiger partial charge in [0.2, 0.25) is 0 Å². The summed E-state index contributed by atoms with van der Waals surface area (Å²) in [6, 6.07) is 14.3. The Hall–Kier alpha value is -2.65. The van der Waals surface area contributed by atoms with Crippen LogP contribution in [-0.4, -0.2) is 4.98 Å². The molecule has 0 aliphatic rings. The quantitative estimate of drug-likeness (QED) is 0.716. The zero-order chi connectivity index (χ0) is 11.4. The van der Waals surface area contributed by atoms with E-state index >= 15 is 0 Å². The number of hydrogen-bond acceptors (Lipinski definition) is 3. The molecule has 0 atom stereocenters. The number of pyridine rings is 1. The van der Waals surface area contributed by atoms with Crippen LogP contribution < -0.4 is 0 Å². The molecule has 0 aliphatic heterocycles. The van der Waals surface area contributed by atoms with Crippen LogP contribution in [-0.2, 0) is 0 Å². The molecule has 16 heavy (non-hydrogen) atoms. The second-order valence-electron chi connectivity index (χ2n) is 3.14. The van der Waals surface area contributed by atoms with E-state index in [0.717, 1.165) is 5.56 Å². The topological polar surface area (TPSA) is 60.5 Å². The summed E-state index contributed by atoms with van der Waals surface area (Å²) in [5.41, 5.74) is 2.33. The lowest BCUT2D eigenvalue weighted by Crippen LogP contribution is -1.88. The van der Waals surface area contributed by atoms with Gasteiger partial charge in [-0.05, 0) is 24.3 Å². The van der Waals surface area contributed by atoms with E-state index in [-0.39, 0.29) is 0 Å². The molecular formula is C13H6N3. The minimum absolute atomic E-state index is 0.450. The highest BCUT2D eigenvalue weighted by Crippen LogP contribution is 2.21. The first-order valence-corrected chi connectivity index (χ1v) is 4.63. The van der Waals surface area contributed by atoms with Crippen LogP contribution in [0.15, 0.2) is 36.4 Å². The Labute approximate surface area is 93.2 Å². The number of nitriles is 2. The summed E-state index contributed by atoms with van der Waals surface area (Å²) in [5.74, 6) is 0. The number of rotatable bonds is 1. The van der Waals surface area contributed by atoms with E-state index in [2.05, 4.69) is 17.3 Å². The first kappa shape index (κ1) is 9.89. The Morgan fingerprint density at radius 2 is 2.00 bits per heavy atom. The number of aromatic nitrogens is 1. The molecule has 0 aliphatic carbocycles. The van der Waals surface area contributed by atoms with Gasteiger partial charge in [0.25, 0.3) is 0 Å². The van der Waals surface area contributed by atoms with Crippen molar-refractivity contribution in [2.45, 2.75) is 0 Å². The molecule has 0 saturated carbocycles. The molecule has 0 spiro atoms. The number of hydrogen-bond donors (Lipinski definition) is 0. The molecule has 0 N–H and O–H groups in total. The molecule has 1 aromatic carbocycles. The summed E-state index contributed by atoms with van der Waals surface area (Å²) in [5, 5.41) is 17.7. The lowest BCUT2D eigenvalue weighted by atomic mass is 10.0. The van der Waals surface area contributed by atoms with Crippen molar-refractivity contribution in [3.05, 3.63) is 53.7 Å². The van der Waals surface area contributed by atoms with Gasteiger partial charge in [0.15, 0.2) is 0 Å². The van der Waals surface area contributed by atoms with Gasteiger partial charge in [-0.2, -0.15) is 10.5 Å². The Bertz CT molecular complexity index is 589. The molecule has 1 radical (unpaired) electrons. The molecule has 3 heteroatoms. The number of nitrogens with zero attached hydrogens (tertiary/aromatic N) is 3. The first-order valence-electron chi connectivity index (χ1n) is 4.63. The maximum absolute atomic E-state index is 9.00. The Morgan fingerprint density at radius 3 is 2.62 bits per heavy atom. The average molecular weight is 204 g/mol. The second-order valence-corrected chi connectivity index (χ2v) is 3.14. The normalized spacial score (nSPS) is 9.12. The van der Waals surface area contributed by atoms with Gasteiger partial charge in [-0.25, -0.2) is 4.98 Å². The van der Waals surface area contributed by atoms with Crippen LogP contribution in [0.25, 0.3) is 11.3 Å². The van der Waals surface area contributed by atoms with Crippen LogP contribution in [0.2, 0.25) is 0 Å². The van der Waals surface area contributed by atoms with Crippen LogP contribution in [0, 0.1) is 28.9 Å². The van der Waals surface area contributed by atoms with Crippen LogP contribution in [0.4, 0.5) is 0 Å². The molecule has 1 heterocycles. The molecular weight excluding hydrogens is 198 g/mol. The van der Waals surface area contributed by atoms with Crippen molar-refractivity contribution in [1.82, 2.24) is 4.98 Å². The van der Waals surface area contributed by atoms with E-state index in [1.165, 1.54) is 0 Å². The van der Waals surface area contributed by atoms with E-state index in [9.17, 15) is 0 Å². The van der Waals surface area contributed by atoms with Gasteiger partial charge >= 0.3 is 0 Å². The van der Waals surface area contributed by atoms with Crippen molar-refractivity contribution in [3.8, 4) is 23.4 Å². The lowest BCUT2D eigenvalue weighted by molar-refractivity contribution is 1.30. The minimum Gasteiger partial charge on any atom is -0.246 e. The van der Waals surface area contributed by atoms with Gasteiger partial charge in [-0.3, -0.25) is 0 Å². The van der Waals surface area contributed by atoms with E-state index in [4.69, 9.17) is 10.5 Å². The van der Waals surface area contributed by atoms with Gasteiger partial charge in [-0.15, -0.1) is 0 Å². The summed E-state index contributed by atoms with van der Waals surface area (Å²) in [4.78, 5) is 4.05. The third kappa shape index (κ3) is 1.75. The summed E-state index contributed by atoms with van der Waals surface area (Å²) >= 11 is 0. The Kier molecular flexibility index (Phi) is 2.63. The molecule has 1 aromatic heterocycles. The first-order chi connectivity index (χ1) is 7.85. The van der Waals surface area contributed by atoms with Crippen LogP contribution >= 0.6 is 0 Å². The molecule has 0 unspecified atom stereocenters. The van der Waals surface area contributed by atoms with Gasteiger partial charge in [0.1, 0.15) is 0 Å². The zero-order valence-corrected chi connectivity index (χ0v) is 8.31. The molecule has 73 valence electrons. The fourth-order valence-corrected chi connectivity index (χ4v) is 1.41. The third-order valence-electron chi connectivity index (χ3n) is 2.15.